The Hall–Kier alpha value is -3.11. The van der Waals surface area contributed by atoms with Gasteiger partial charge in [-0.3, -0.25) is 4.90 Å². The predicted molar refractivity (Wildman–Crippen MR) is 183 cm³/mol. The zero-order valence-electron chi connectivity index (χ0n) is 29.2. The van der Waals surface area contributed by atoms with Gasteiger partial charge < -0.3 is 14.7 Å². The lowest BCUT2D eigenvalue weighted by molar-refractivity contribution is 0.0187. The summed E-state index contributed by atoms with van der Waals surface area (Å²) in [7, 11) is 3.75. The molecule has 0 aliphatic heterocycles. The van der Waals surface area contributed by atoms with Crippen LogP contribution in [0.5, 0.6) is 0 Å². The van der Waals surface area contributed by atoms with Crippen LogP contribution < -0.4 is 4.90 Å². The molecule has 3 rings (SSSR count). The van der Waals surface area contributed by atoms with Crippen LogP contribution in [-0.2, 0) is 4.74 Å². The van der Waals surface area contributed by atoms with Crippen molar-refractivity contribution in [2.75, 3.05) is 25.5 Å². The van der Waals surface area contributed by atoms with Crippen LogP contribution >= 0.6 is 0 Å². The number of hydrogen-bond donors (Lipinski definition) is 1. The second kappa shape index (κ2) is 16.8. The van der Waals surface area contributed by atoms with Crippen LogP contribution in [-0.4, -0.2) is 54.7 Å². The Labute approximate surface area is 267 Å². The summed E-state index contributed by atoms with van der Waals surface area (Å²) in [6, 6.07) is 7.90. The van der Waals surface area contributed by atoms with Gasteiger partial charge in [0.15, 0.2) is 0 Å². The maximum atomic E-state index is 12.9. The predicted octanol–water partition coefficient (Wildman–Crippen LogP) is 8.95. The number of anilines is 1. The summed E-state index contributed by atoms with van der Waals surface area (Å²) in [5, 5.41) is 19.2. The largest absolute Gasteiger partial charge is 0.446 e. The lowest BCUT2D eigenvalue weighted by atomic mass is 9.73. The highest BCUT2D eigenvalue weighted by Crippen LogP contribution is 2.61. The van der Waals surface area contributed by atoms with Crippen molar-refractivity contribution in [3.05, 3.63) is 52.4 Å². The molecule has 1 N–H and O–H groups in total. The molecule has 1 aromatic rings. The highest BCUT2D eigenvalue weighted by molar-refractivity contribution is 5.83. The number of carbonyl (C=O) groups is 1. The Morgan fingerprint density at radius 1 is 1.23 bits per heavy atom. The van der Waals surface area contributed by atoms with E-state index in [0.717, 1.165) is 48.1 Å². The highest BCUT2D eigenvalue weighted by atomic mass is 16.6. The van der Waals surface area contributed by atoms with Gasteiger partial charge in [0.1, 0.15) is 11.9 Å². The van der Waals surface area contributed by atoms with E-state index in [4.69, 9.17) is 10.00 Å². The molecule has 7 heteroatoms. The fraction of sp³-hybridized carbons (Fsp3) is 0.649. The summed E-state index contributed by atoms with van der Waals surface area (Å²) < 4.78 is 5.92. The van der Waals surface area contributed by atoms with Crippen molar-refractivity contribution < 1.29 is 14.6 Å². The number of benzene rings is 1. The number of aliphatic imine (C=N–C) groups is 1. The van der Waals surface area contributed by atoms with E-state index in [1.54, 1.807) is 33.2 Å². The van der Waals surface area contributed by atoms with Gasteiger partial charge in [0, 0.05) is 38.1 Å². The summed E-state index contributed by atoms with van der Waals surface area (Å²) in [4.78, 5) is 21.0. The van der Waals surface area contributed by atoms with Crippen molar-refractivity contribution in [1.29, 1.82) is 5.26 Å². The Kier molecular flexibility index (Phi) is 14.2. The first-order chi connectivity index (χ1) is 20.8. The van der Waals surface area contributed by atoms with Crippen LogP contribution in [0.15, 0.2) is 46.2 Å². The number of ether oxygens (including phenoxy) is 1. The first-order valence-electron chi connectivity index (χ1n) is 16.6. The third-order valence-corrected chi connectivity index (χ3v) is 9.51. The maximum Gasteiger partial charge on any atom is 0.415 e. The average molecular weight is 607 g/mol. The standard InChI is InChI=1S/C26H44N2O3.C11H14N2/c1-8-11-12-20-17-21(13-14-26(20)15-16-26)31-24(29)28(7)23(10-3)27-18-22(19(4)9-2)25(5,6)30;1-4-13(3)11-6-5-10(8-12)7-9(11)2/h10,18,20-21,30H,8-9,11-17H2,1-7H3;5-7H,4H2,1-3H3/b22-19?,23-10+,27-18-;. The zero-order chi connectivity index (χ0) is 33.1. The van der Waals surface area contributed by atoms with E-state index in [-0.39, 0.29) is 12.2 Å². The lowest BCUT2D eigenvalue weighted by Gasteiger charge is -2.37. The Balaban J connectivity index is 0.000000432. The minimum absolute atomic E-state index is 0.000662. The molecule has 2 atom stereocenters. The van der Waals surface area contributed by atoms with Gasteiger partial charge in [0.2, 0.25) is 0 Å². The van der Waals surface area contributed by atoms with E-state index in [9.17, 15) is 9.90 Å². The second-order valence-corrected chi connectivity index (χ2v) is 13.2. The summed E-state index contributed by atoms with van der Waals surface area (Å²) in [5.74, 6) is 1.22. The average Bonchev–Trinajstić information content (AvgIpc) is 3.78. The second-order valence-electron chi connectivity index (χ2n) is 13.2. The fourth-order valence-electron chi connectivity index (χ4n) is 6.24. The number of carbonyl (C=O) groups excluding carboxylic acids is 1. The number of hydrogen-bond acceptors (Lipinski definition) is 6. The van der Waals surface area contributed by atoms with E-state index < -0.39 is 5.60 Å². The zero-order valence-corrected chi connectivity index (χ0v) is 29.2. The van der Waals surface area contributed by atoms with Crippen molar-refractivity contribution in [3.8, 4) is 6.07 Å². The number of allylic oxidation sites excluding steroid dienone is 2. The van der Waals surface area contributed by atoms with Gasteiger partial charge in [-0.1, -0.05) is 32.3 Å². The Morgan fingerprint density at radius 3 is 2.41 bits per heavy atom. The summed E-state index contributed by atoms with van der Waals surface area (Å²) in [5.41, 5.74) is 4.49. The topological polar surface area (TPSA) is 89.2 Å². The number of aryl methyl sites for hydroxylation is 1. The molecule has 2 aliphatic rings. The third-order valence-electron chi connectivity index (χ3n) is 9.51. The smallest absolute Gasteiger partial charge is 0.415 e. The van der Waals surface area contributed by atoms with Crippen molar-refractivity contribution in [2.24, 2.45) is 16.3 Å². The summed E-state index contributed by atoms with van der Waals surface area (Å²) in [6.45, 7) is 16.8. The monoisotopic (exact) mass is 606 g/mol. The fourth-order valence-corrected chi connectivity index (χ4v) is 6.24. The van der Waals surface area contributed by atoms with E-state index in [1.807, 2.05) is 46.0 Å². The number of amides is 1. The van der Waals surface area contributed by atoms with E-state index >= 15 is 0 Å². The van der Waals surface area contributed by atoms with Crippen LogP contribution in [0.2, 0.25) is 0 Å². The number of aliphatic hydroxyl groups is 1. The molecule has 7 nitrogen and oxygen atoms in total. The molecule has 2 unspecified atom stereocenters. The molecule has 1 aromatic carbocycles. The van der Waals surface area contributed by atoms with Gasteiger partial charge in [-0.05, 0) is 128 Å². The van der Waals surface area contributed by atoms with Crippen molar-refractivity contribution in [1.82, 2.24) is 4.90 Å². The number of rotatable bonds is 11. The van der Waals surface area contributed by atoms with Crippen LogP contribution in [0.4, 0.5) is 10.5 Å². The van der Waals surface area contributed by atoms with Gasteiger partial charge in [0.25, 0.3) is 0 Å². The molecule has 0 radical (unpaired) electrons. The van der Waals surface area contributed by atoms with Gasteiger partial charge >= 0.3 is 6.09 Å². The third kappa shape index (κ3) is 10.2. The molecular weight excluding hydrogens is 548 g/mol. The van der Waals surface area contributed by atoms with Gasteiger partial charge in [0.05, 0.1) is 17.2 Å². The Bertz CT molecular complexity index is 1230. The summed E-state index contributed by atoms with van der Waals surface area (Å²) in [6.07, 6.45) is 13.6. The molecule has 2 saturated carbocycles. The molecule has 2 aliphatic carbocycles. The number of nitriles is 1. The molecule has 244 valence electrons. The highest BCUT2D eigenvalue weighted by Gasteiger charge is 2.51. The van der Waals surface area contributed by atoms with Crippen molar-refractivity contribution in [3.63, 3.8) is 0 Å². The lowest BCUT2D eigenvalue weighted by Crippen LogP contribution is -2.36. The van der Waals surface area contributed by atoms with Gasteiger partial charge in [-0.15, -0.1) is 0 Å². The first kappa shape index (κ1) is 37.1. The van der Waals surface area contributed by atoms with Crippen LogP contribution in [0.1, 0.15) is 117 Å². The van der Waals surface area contributed by atoms with Crippen molar-refractivity contribution >= 4 is 18.0 Å². The molecule has 2 fully saturated rings. The molecule has 0 saturated heterocycles. The van der Waals surface area contributed by atoms with Crippen LogP contribution in [0.3, 0.4) is 0 Å². The quantitative estimate of drug-likeness (QED) is 0.254. The molecule has 0 heterocycles. The SMILES string of the molecule is C/C=C(\N=C/C(=C(C)CC)C(C)(C)O)N(C)C(=O)OC1CCC2(CC2)C(CCCC)C1.CCN(C)c1ccc(C#N)cc1C. The van der Waals surface area contributed by atoms with Crippen LogP contribution in [0.25, 0.3) is 0 Å². The minimum Gasteiger partial charge on any atom is -0.446 e. The molecule has 44 heavy (non-hydrogen) atoms. The molecular formula is C37H58N4O3. The maximum absolute atomic E-state index is 12.9. The summed E-state index contributed by atoms with van der Waals surface area (Å²) >= 11 is 0. The molecule has 0 aromatic heterocycles. The van der Waals surface area contributed by atoms with Gasteiger partial charge in [-0.25, -0.2) is 9.79 Å². The normalized spacial score (nSPS) is 19.9. The van der Waals surface area contributed by atoms with Crippen LogP contribution in [0, 0.1) is 29.6 Å². The molecule has 1 amide bonds. The van der Waals surface area contributed by atoms with E-state index in [0.29, 0.717) is 17.2 Å². The minimum atomic E-state index is -0.990. The van der Waals surface area contributed by atoms with E-state index in [1.165, 1.54) is 49.1 Å². The van der Waals surface area contributed by atoms with Gasteiger partial charge in [-0.2, -0.15) is 5.26 Å². The van der Waals surface area contributed by atoms with Crippen molar-refractivity contribution in [2.45, 2.75) is 125 Å². The van der Waals surface area contributed by atoms with E-state index in [2.05, 4.69) is 36.7 Å². The first-order valence-corrected chi connectivity index (χ1v) is 16.6. The molecule has 0 bridgehead atoms. The molecule has 1 spiro atoms. The number of unbranched alkanes of at least 4 members (excludes halogenated alkanes) is 1. The number of nitrogens with zero attached hydrogens (tertiary/aromatic N) is 4. The Morgan fingerprint density at radius 2 is 1.91 bits per heavy atom.